The molecule has 4 rings (SSSR count). The smallest absolute Gasteiger partial charge is 0.0746 e. The van der Waals surface area contributed by atoms with Crippen molar-refractivity contribution in [3.05, 3.63) is 83.6 Å². The van der Waals surface area contributed by atoms with Gasteiger partial charge in [0, 0.05) is 27.8 Å². The number of aromatic nitrogens is 2. The molecule has 0 aliphatic rings. The third-order valence-electron chi connectivity index (χ3n) is 3.82. The molecule has 0 amide bonds. The number of hydrogen-bond donors (Lipinski definition) is 0. The van der Waals surface area contributed by atoms with E-state index < -0.39 is 0 Å². The van der Waals surface area contributed by atoms with E-state index in [9.17, 15) is 0 Å². The predicted molar refractivity (Wildman–Crippen MR) is 98.1 cm³/mol. The lowest BCUT2D eigenvalue weighted by Crippen LogP contribution is -1.90. The van der Waals surface area contributed by atoms with E-state index >= 15 is 0 Å². The van der Waals surface area contributed by atoms with E-state index in [2.05, 4.69) is 63.4 Å². The number of rotatable bonds is 2. The molecule has 2 heterocycles. The van der Waals surface area contributed by atoms with Crippen molar-refractivity contribution in [1.82, 2.24) is 9.97 Å². The van der Waals surface area contributed by atoms with E-state index in [0.717, 1.165) is 32.2 Å². The van der Waals surface area contributed by atoms with E-state index in [1.807, 2.05) is 30.5 Å². The Morgan fingerprint density at radius 1 is 0.783 bits per heavy atom. The standard InChI is InChI=1S/C20H13BrN2/c21-16-8-4-7-15(11-16)20-12-17(14-5-2-1-3-6-14)18-13-22-10-9-19(18)23-20/h1-13H. The molecule has 2 nitrogen and oxygen atoms in total. The molecule has 2 aromatic heterocycles. The average molecular weight is 361 g/mol. The normalized spacial score (nSPS) is 10.8. The van der Waals surface area contributed by atoms with Crippen LogP contribution in [0.4, 0.5) is 0 Å². The van der Waals surface area contributed by atoms with E-state index in [1.165, 1.54) is 5.56 Å². The van der Waals surface area contributed by atoms with Crippen LogP contribution in [0.5, 0.6) is 0 Å². The number of fused-ring (bicyclic) bond motifs is 1. The quantitative estimate of drug-likeness (QED) is 0.456. The van der Waals surface area contributed by atoms with Crippen molar-refractivity contribution < 1.29 is 0 Å². The van der Waals surface area contributed by atoms with Crippen LogP contribution in [0.15, 0.2) is 83.6 Å². The lowest BCUT2D eigenvalue weighted by molar-refractivity contribution is 1.32. The molecule has 0 fully saturated rings. The highest BCUT2D eigenvalue weighted by Crippen LogP contribution is 2.32. The molecule has 0 aliphatic heterocycles. The summed E-state index contributed by atoms with van der Waals surface area (Å²) in [6, 6.07) is 22.7. The highest BCUT2D eigenvalue weighted by atomic mass is 79.9. The summed E-state index contributed by atoms with van der Waals surface area (Å²) in [5, 5.41) is 1.07. The van der Waals surface area contributed by atoms with Gasteiger partial charge in [-0.05, 0) is 35.4 Å². The van der Waals surface area contributed by atoms with Gasteiger partial charge in [0.1, 0.15) is 0 Å². The Kier molecular flexibility index (Phi) is 3.64. The molecule has 23 heavy (non-hydrogen) atoms. The molecule has 3 heteroatoms. The minimum absolute atomic E-state index is 0.955. The molecule has 0 atom stereocenters. The molecule has 0 aliphatic carbocycles. The number of hydrogen-bond acceptors (Lipinski definition) is 2. The zero-order valence-corrected chi connectivity index (χ0v) is 13.9. The van der Waals surface area contributed by atoms with E-state index in [-0.39, 0.29) is 0 Å². The average Bonchev–Trinajstić information content (AvgIpc) is 2.61. The van der Waals surface area contributed by atoms with Gasteiger partial charge in [-0.15, -0.1) is 0 Å². The first-order chi connectivity index (χ1) is 11.3. The number of nitrogens with zero attached hydrogens (tertiary/aromatic N) is 2. The molecular formula is C20H13BrN2. The third kappa shape index (κ3) is 2.76. The highest BCUT2D eigenvalue weighted by Gasteiger charge is 2.09. The Morgan fingerprint density at radius 3 is 2.43 bits per heavy atom. The minimum atomic E-state index is 0.955. The van der Waals surface area contributed by atoms with Gasteiger partial charge in [0.15, 0.2) is 0 Å². The highest BCUT2D eigenvalue weighted by molar-refractivity contribution is 9.10. The SMILES string of the molecule is Brc1cccc(-c2cc(-c3ccccc3)c3cnccc3n2)c1. The van der Waals surface area contributed by atoms with E-state index in [0.29, 0.717) is 0 Å². The first kappa shape index (κ1) is 14.1. The molecule has 0 spiro atoms. The summed E-state index contributed by atoms with van der Waals surface area (Å²) in [6.45, 7) is 0. The summed E-state index contributed by atoms with van der Waals surface area (Å²) in [6.07, 6.45) is 3.67. The topological polar surface area (TPSA) is 25.8 Å². The largest absolute Gasteiger partial charge is 0.264 e. The van der Waals surface area contributed by atoms with Gasteiger partial charge in [0.05, 0.1) is 11.2 Å². The summed E-state index contributed by atoms with van der Waals surface area (Å²) >= 11 is 3.53. The van der Waals surface area contributed by atoms with Crippen LogP contribution < -0.4 is 0 Å². The Balaban J connectivity index is 2.01. The minimum Gasteiger partial charge on any atom is -0.264 e. The van der Waals surface area contributed by atoms with Gasteiger partial charge in [0.25, 0.3) is 0 Å². The van der Waals surface area contributed by atoms with Gasteiger partial charge in [0.2, 0.25) is 0 Å². The van der Waals surface area contributed by atoms with E-state index in [4.69, 9.17) is 4.98 Å². The van der Waals surface area contributed by atoms with Crippen molar-refractivity contribution >= 4 is 26.8 Å². The second-order valence-electron chi connectivity index (χ2n) is 5.32. The van der Waals surface area contributed by atoms with Crippen LogP contribution in [0.25, 0.3) is 33.3 Å². The first-order valence-corrected chi connectivity index (χ1v) is 8.17. The molecule has 0 bridgehead atoms. The van der Waals surface area contributed by atoms with Crippen molar-refractivity contribution in [1.29, 1.82) is 0 Å². The molecule has 0 N–H and O–H groups in total. The fourth-order valence-corrected chi connectivity index (χ4v) is 3.12. The van der Waals surface area contributed by atoms with E-state index in [1.54, 1.807) is 6.20 Å². The molecule has 0 radical (unpaired) electrons. The third-order valence-corrected chi connectivity index (χ3v) is 4.31. The summed E-state index contributed by atoms with van der Waals surface area (Å²) in [5.74, 6) is 0. The maximum atomic E-state index is 4.81. The maximum Gasteiger partial charge on any atom is 0.0746 e. The fraction of sp³-hybridized carbons (Fsp3) is 0. The Labute approximate surface area is 143 Å². The first-order valence-electron chi connectivity index (χ1n) is 7.37. The molecule has 4 aromatic rings. The van der Waals surface area contributed by atoms with Crippen LogP contribution in [0.1, 0.15) is 0 Å². The molecule has 0 saturated heterocycles. The summed E-state index contributed by atoms with van der Waals surface area (Å²) in [5.41, 5.74) is 5.33. The van der Waals surface area contributed by atoms with Crippen LogP contribution >= 0.6 is 15.9 Å². The second kappa shape index (κ2) is 5.94. The monoisotopic (exact) mass is 360 g/mol. The van der Waals surface area contributed by atoms with Crippen molar-refractivity contribution in [3.8, 4) is 22.4 Å². The van der Waals surface area contributed by atoms with Gasteiger partial charge in [-0.1, -0.05) is 58.4 Å². The lowest BCUT2D eigenvalue weighted by atomic mass is 9.99. The summed E-state index contributed by atoms with van der Waals surface area (Å²) in [7, 11) is 0. The fourth-order valence-electron chi connectivity index (χ4n) is 2.72. The van der Waals surface area contributed by atoms with Crippen molar-refractivity contribution in [3.63, 3.8) is 0 Å². The number of pyridine rings is 2. The van der Waals surface area contributed by atoms with Gasteiger partial charge >= 0.3 is 0 Å². The van der Waals surface area contributed by atoms with Crippen LogP contribution in [-0.2, 0) is 0 Å². The molecular weight excluding hydrogens is 348 g/mol. The molecule has 0 unspecified atom stereocenters. The van der Waals surface area contributed by atoms with Crippen molar-refractivity contribution in [2.45, 2.75) is 0 Å². The second-order valence-corrected chi connectivity index (χ2v) is 6.24. The lowest BCUT2D eigenvalue weighted by Gasteiger charge is -2.10. The van der Waals surface area contributed by atoms with Gasteiger partial charge in [-0.2, -0.15) is 0 Å². The Bertz CT molecular complexity index is 981. The molecule has 110 valence electrons. The maximum absolute atomic E-state index is 4.81. The zero-order valence-electron chi connectivity index (χ0n) is 12.3. The zero-order chi connectivity index (χ0) is 15.6. The summed E-state index contributed by atoms with van der Waals surface area (Å²) in [4.78, 5) is 9.08. The van der Waals surface area contributed by atoms with Crippen LogP contribution in [0, 0.1) is 0 Å². The Morgan fingerprint density at radius 2 is 1.61 bits per heavy atom. The van der Waals surface area contributed by atoms with Gasteiger partial charge in [-0.3, -0.25) is 4.98 Å². The van der Waals surface area contributed by atoms with Gasteiger partial charge in [-0.25, -0.2) is 4.98 Å². The van der Waals surface area contributed by atoms with Gasteiger partial charge < -0.3 is 0 Å². The Hall–Kier alpha value is -2.52. The molecule has 0 saturated carbocycles. The number of benzene rings is 2. The van der Waals surface area contributed by atoms with Crippen LogP contribution in [0.2, 0.25) is 0 Å². The van der Waals surface area contributed by atoms with Crippen LogP contribution in [-0.4, -0.2) is 9.97 Å². The summed E-state index contributed by atoms with van der Waals surface area (Å²) < 4.78 is 1.05. The van der Waals surface area contributed by atoms with Crippen molar-refractivity contribution in [2.75, 3.05) is 0 Å². The van der Waals surface area contributed by atoms with Crippen LogP contribution in [0.3, 0.4) is 0 Å². The molecule has 2 aromatic carbocycles. The predicted octanol–water partition coefficient (Wildman–Crippen LogP) is 5.73. The number of halogens is 1. The van der Waals surface area contributed by atoms with Crippen molar-refractivity contribution in [2.24, 2.45) is 0 Å².